The van der Waals surface area contributed by atoms with Gasteiger partial charge in [-0.3, -0.25) is 4.79 Å². The summed E-state index contributed by atoms with van der Waals surface area (Å²) >= 11 is 3.36. The number of likely N-dealkylation sites (tertiary alicyclic amines) is 1. The molecule has 12 heavy (non-hydrogen) atoms. The van der Waals surface area contributed by atoms with Crippen molar-refractivity contribution in [3.05, 3.63) is 0 Å². The molecule has 0 aliphatic carbocycles. The molecule has 0 spiro atoms. The van der Waals surface area contributed by atoms with Crippen LogP contribution in [0.2, 0.25) is 0 Å². The van der Waals surface area contributed by atoms with Crippen LogP contribution in [0.4, 0.5) is 0 Å². The third kappa shape index (κ3) is 2.77. The number of nitrogens with zero attached hydrogens (tertiary/aromatic N) is 1. The molecule has 1 rings (SSSR count). The largest absolute Gasteiger partial charge is 0.342 e. The lowest BCUT2D eigenvalue weighted by atomic mass is 10.0. The number of alkyl halides is 1. The Morgan fingerprint density at radius 2 is 2.33 bits per heavy atom. The Morgan fingerprint density at radius 3 is 3.00 bits per heavy atom. The van der Waals surface area contributed by atoms with Gasteiger partial charge in [-0.25, -0.2) is 0 Å². The average molecular weight is 234 g/mol. The standard InChI is InChI=1S/C9H16BrNO/c1-8-2-3-9(12)11(6-4-8)7-5-10/h8H,2-7H2,1H3. The zero-order valence-electron chi connectivity index (χ0n) is 7.55. The molecule has 0 aromatic heterocycles. The van der Waals surface area contributed by atoms with Crippen molar-refractivity contribution < 1.29 is 4.79 Å². The van der Waals surface area contributed by atoms with E-state index in [1.165, 1.54) is 6.42 Å². The number of carbonyl (C=O) groups excluding carboxylic acids is 1. The van der Waals surface area contributed by atoms with E-state index in [0.717, 1.165) is 31.3 Å². The van der Waals surface area contributed by atoms with Crippen molar-refractivity contribution in [2.24, 2.45) is 5.92 Å². The molecular weight excluding hydrogens is 218 g/mol. The van der Waals surface area contributed by atoms with E-state index in [0.29, 0.717) is 11.8 Å². The molecule has 1 atom stereocenters. The van der Waals surface area contributed by atoms with E-state index in [1.54, 1.807) is 0 Å². The van der Waals surface area contributed by atoms with Crippen LogP contribution in [0.1, 0.15) is 26.2 Å². The lowest BCUT2D eigenvalue weighted by Gasteiger charge is -2.18. The molecule has 3 heteroatoms. The number of halogens is 1. The smallest absolute Gasteiger partial charge is 0.222 e. The minimum atomic E-state index is 0.332. The Morgan fingerprint density at radius 1 is 1.58 bits per heavy atom. The first-order valence-corrected chi connectivity index (χ1v) is 5.70. The van der Waals surface area contributed by atoms with Gasteiger partial charge < -0.3 is 4.90 Å². The Hall–Kier alpha value is -0.0500. The van der Waals surface area contributed by atoms with Crippen molar-refractivity contribution in [1.82, 2.24) is 4.90 Å². The predicted octanol–water partition coefficient (Wildman–Crippen LogP) is 2.03. The molecule has 0 N–H and O–H groups in total. The summed E-state index contributed by atoms with van der Waals surface area (Å²) in [5, 5.41) is 0.896. The first-order valence-electron chi connectivity index (χ1n) is 4.57. The topological polar surface area (TPSA) is 20.3 Å². The quantitative estimate of drug-likeness (QED) is 0.669. The first-order chi connectivity index (χ1) is 5.74. The minimum absolute atomic E-state index is 0.332. The monoisotopic (exact) mass is 233 g/mol. The SMILES string of the molecule is CC1CCC(=O)N(CCBr)CC1. The number of carbonyl (C=O) groups is 1. The van der Waals surface area contributed by atoms with Gasteiger partial charge >= 0.3 is 0 Å². The fourth-order valence-electron chi connectivity index (χ4n) is 1.51. The van der Waals surface area contributed by atoms with Gasteiger partial charge in [-0.1, -0.05) is 22.9 Å². The van der Waals surface area contributed by atoms with E-state index in [4.69, 9.17) is 0 Å². The van der Waals surface area contributed by atoms with Gasteiger partial charge in [0.05, 0.1) is 0 Å². The first kappa shape index (κ1) is 10.0. The lowest BCUT2D eigenvalue weighted by Crippen LogP contribution is -2.31. The van der Waals surface area contributed by atoms with Gasteiger partial charge in [-0.05, 0) is 18.8 Å². The second kappa shape index (κ2) is 4.85. The molecule has 1 amide bonds. The third-order valence-corrected chi connectivity index (χ3v) is 2.80. The van der Waals surface area contributed by atoms with E-state index in [1.807, 2.05) is 4.90 Å². The molecule has 1 unspecified atom stereocenters. The van der Waals surface area contributed by atoms with Gasteiger partial charge in [0, 0.05) is 24.8 Å². The summed E-state index contributed by atoms with van der Waals surface area (Å²) in [6.45, 7) is 4.04. The zero-order chi connectivity index (χ0) is 8.97. The van der Waals surface area contributed by atoms with Crippen molar-refractivity contribution in [1.29, 1.82) is 0 Å². The summed E-state index contributed by atoms with van der Waals surface area (Å²) in [5.74, 6) is 1.05. The van der Waals surface area contributed by atoms with Gasteiger partial charge in [0.2, 0.25) is 5.91 Å². The van der Waals surface area contributed by atoms with Crippen LogP contribution in [-0.2, 0) is 4.79 Å². The molecule has 1 fully saturated rings. The molecule has 0 bridgehead atoms. The van der Waals surface area contributed by atoms with E-state index >= 15 is 0 Å². The summed E-state index contributed by atoms with van der Waals surface area (Å²) in [6, 6.07) is 0. The Bertz CT molecular complexity index is 161. The summed E-state index contributed by atoms with van der Waals surface area (Å²) in [5.41, 5.74) is 0. The maximum atomic E-state index is 11.5. The highest BCUT2D eigenvalue weighted by molar-refractivity contribution is 9.09. The third-order valence-electron chi connectivity index (χ3n) is 2.45. The van der Waals surface area contributed by atoms with Crippen LogP contribution in [0.5, 0.6) is 0 Å². The van der Waals surface area contributed by atoms with Crippen LogP contribution >= 0.6 is 15.9 Å². The summed E-state index contributed by atoms with van der Waals surface area (Å²) in [6.07, 6.45) is 2.98. The molecule has 0 aromatic rings. The van der Waals surface area contributed by atoms with Crippen molar-refractivity contribution in [2.75, 3.05) is 18.4 Å². The summed E-state index contributed by atoms with van der Waals surface area (Å²) in [4.78, 5) is 13.4. The highest BCUT2D eigenvalue weighted by Gasteiger charge is 2.18. The van der Waals surface area contributed by atoms with E-state index in [9.17, 15) is 4.79 Å². The zero-order valence-corrected chi connectivity index (χ0v) is 9.14. The number of amides is 1. The van der Waals surface area contributed by atoms with E-state index in [-0.39, 0.29) is 0 Å². The number of hydrogen-bond acceptors (Lipinski definition) is 1. The molecule has 2 nitrogen and oxygen atoms in total. The van der Waals surface area contributed by atoms with Gasteiger partial charge in [0.1, 0.15) is 0 Å². The van der Waals surface area contributed by atoms with Crippen LogP contribution in [0, 0.1) is 5.92 Å². The normalized spacial score (nSPS) is 25.7. The second-order valence-corrected chi connectivity index (χ2v) is 4.30. The molecule has 0 radical (unpaired) electrons. The van der Waals surface area contributed by atoms with Crippen LogP contribution in [0.3, 0.4) is 0 Å². The Labute approximate surface area is 82.4 Å². The van der Waals surface area contributed by atoms with Crippen LogP contribution in [0.15, 0.2) is 0 Å². The van der Waals surface area contributed by atoms with Crippen LogP contribution in [0.25, 0.3) is 0 Å². The Balaban J connectivity index is 2.44. The molecule has 1 aliphatic heterocycles. The molecule has 70 valence electrons. The van der Waals surface area contributed by atoms with Gasteiger partial charge in [-0.2, -0.15) is 0 Å². The van der Waals surface area contributed by atoms with Crippen molar-refractivity contribution in [3.8, 4) is 0 Å². The maximum absolute atomic E-state index is 11.5. The summed E-state index contributed by atoms with van der Waals surface area (Å²) < 4.78 is 0. The fourth-order valence-corrected chi connectivity index (χ4v) is 1.94. The van der Waals surface area contributed by atoms with Gasteiger partial charge in [0.25, 0.3) is 0 Å². The highest BCUT2D eigenvalue weighted by Crippen LogP contribution is 2.17. The van der Waals surface area contributed by atoms with Crippen molar-refractivity contribution in [2.45, 2.75) is 26.2 Å². The molecule has 0 saturated carbocycles. The lowest BCUT2D eigenvalue weighted by molar-refractivity contribution is -0.130. The van der Waals surface area contributed by atoms with Crippen molar-refractivity contribution >= 4 is 21.8 Å². The fraction of sp³-hybridized carbons (Fsp3) is 0.889. The average Bonchev–Trinajstić information content (AvgIpc) is 2.20. The highest BCUT2D eigenvalue weighted by atomic mass is 79.9. The molecule has 1 saturated heterocycles. The minimum Gasteiger partial charge on any atom is -0.342 e. The Kier molecular flexibility index (Phi) is 4.06. The molecule has 0 aromatic carbocycles. The number of rotatable bonds is 2. The van der Waals surface area contributed by atoms with Gasteiger partial charge in [0.15, 0.2) is 0 Å². The van der Waals surface area contributed by atoms with Crippen LogP contribution < -0.4 is 0 Å². The van der Waals surface area contributed by atoms with E-state index < -0.39 is 0 Å². The second-order valence-electron chi connectivity index (χ2n) is 3.50. The predicted molar refractivity (Wildman–Crippen MR) is 53.4 cm³/mol. The van der Waals surface area contributed by atoms with Gasteiger partial charge in [-0.15, -0.1) is 0 Å². The molecule has 1 aliphatic rings. The van der Waals surface area contributed by atoms with E-state index in [2.05, 4.69) is 22.9 Å². The number of hydrogen-bond donors (Lipinski definition) is 0. The van der Waals surface area contributed by atoms with Crippen molar-refractivity contribution in [3.63, 3.8) is 0 Å². The maximum Gasteiger partial charge on any atom is 0.222 e. The van der Waals surface area contributed by atoms with Crippen LogP contribution in [-0.4, -0.2) is 29.2 Å². The summed E-state index contributed by atoms with van der Waals surface area (Å²) in [7, 11) is 0. The molecular formula is C9H16BrNO. The molecule has 1 heterocycles.